The highest BCUT2D eigenvalue weighted by Crippen LogP contribution is 2.44. The monoisotopic (exact) mass is 346 g/mol. The van der Waals surface area contributed by atoms with E-state index in [1.807, 2.05) is 0 Å². The maximum Gasteiger partial charge on any atom is 0.0123 e. The predicted octanol–water partition coefficient (Wildman–Crippen LogP) is 8.01. The predicted molar refractivity (Wildman–Crippen MR) is 115 cm³/mol. The Bertz CT molecular complexity index is 648. The topological polar surface area (TPSA) is 0 Å². The summed E-state index contributed by atoms with van der Waals surface area (Å²) in [5.74, 6) is 1.15. The van der Waals surface area contributed by atoms with Crippen molar-refractivity contribution >= 4 is 0 Å². The number of hydrogen-bond donors (Lipinski definition) is 0. The Labute approximate surface area is 160 Å². The largest absolute Gasteiger partial charge is 0.0955 e. The van der Waals surface area contributed by atoms with Crippen molar-refractivity contribution in [2.24, 2.45) is 0 Å². The second-order valence-electron chi connectivity index (χ2n) is 7.98. The van der Waals surface area contributed by atoms with Crippen LogP contribution >= 0.6 is 0 Å². The van der Waals surface area contributed by atoms with Crippen molar-refractivity contribution in [1.82, 2.24) is 0 Å². The van der Waals surface area contributed by atoms with Gasteiger partial charge in [0.1, 0.15) is 0 Å². The zero-order chi connectivity index (χ0) is 18.5. The summed E-state index contributed by atoms with van der Waals surface area (Å²) in [5, 5.41) is 0. The second-order valence-corrected chi connectivity index (χ2v) is 7.98. The van der Waals surface area contributed by atoms with Crippen molar-refractivity contribution in [3.8, 4) is 0 Å². The van der Waals surface area contributed by atoms with E-state index in [0.717, 1.165) is 12.8 Å². The van der Waals surface area contributed by atoms with Gasteiger partial charge >= 0.3 is 0 Å². The first-order chi connectivity index (χ1) is 12.7. The van der Waals surface area contributed by atoms with E-state index in [1.165, 1.54) is 71.9 Å². The third-order valence-electron chi connectivity index (χ3n) is 6.12. The molecule has 0 aliphatic heterocycles. The summed E-state index contributed by atoms with van der Waals surface area (Å²) in [6.07, 6.45) is 14.4. The van der Waals surface area contributed by atoms with E-state index in [4.69, 9.17) is 0 Å². The molecule has 0 heterocycles. The summed E-state index contributed by atoms with van der Waals surface area (Å²) in [7, 11) is 0. The van der Waals surface area contributed by atoms with E-state index in [9.17, 15) is 0 Å². The van der Waals surface area contributed by atoms with Crippen LogP contribution in [0.4, 0.5) is 0 Å². The molecule has 26 heavy (non-hydrogen) atoms. The minimum Gasteiger partial charge on any atom is -0.0955 e. The van der Waals surface area contributed by atoms with Gasteiger partial charge in [-0.05, 0) is 60.8 Å². The van der Waals surface area contributed by atoms with E-state index in [-0.39, 0.29) is 0 Å². The molecule has 0 bridgehead atoms. The summed E-state index contributed by atoms with van der Waals surface area (Å²) in [6.45, 7) is 13.2. The van der Waals surface area contributed by atoms with Gasteiger partial charge in [0.05, 0.1) is 0 Å². The van der Waals surface area contributed by atoms with Crippen LogP contribution in [0.3, 0.4) is 0 Å². The van der Waals surface area contributed by atoms with Gasteiger partial charge in [-0.3, -0.25) is 0 Å². The molecule has 0 spiro atoms. The van der Waals surface area contributed by atoms with Crippen molar-refractivity contribution in [1.29, 1.82) is 0 Å². The van der Waals surface area contributed by atoms with Gasteiger partial charge in [-0.1, -0.05) is 87.4 Å². The fourth-order valence-electron chi connectivity index (χ4n) is 4.15. The molecule has 2 aliphatic carbocycles. The normalized spacial score (nSPS) is 21.3. The van der Waals surface area contributed by atoms with E-state index in [0.29, 0.717) is 11.8 Å². The summed E-state index contributed by atoms with van der Waals surface area (Å²) >= 11 is 0. The number of unbranched alkanes of at least 4 members (excludes halogenated alkanes) is 2. The van der Waals surface area contributed by atoms with Crippen molar-refractivity contribution in [2.75, 3.05) is 0 Å². The quantitative estimate of drug-likeness (QED) is 0.402. The molecule has 1 aromatic carbocycles. The van der Waals surface area contributed by atoms with Crippen molar-refractivity contribution < 1.29 is 0 Å². The molecule has 0 N–H and O–H groups in total. The Morgan fingerprint density at radius 2 is 1.15 bits per heavy atom. The summed E-state index contributed by atoms with van der Waals surface area (Å²) in [4.78, 5) is 0. The molecule has 0 aromatic heterocycles. The number of hydrogen-bond acceptors (Lipinski definition) is 0. The summed E-state index contributed by atoms with van der Waals surface area (Å²) < 4.78 is 0. The van der Waals surface area contributed by atoms with Gasteiger partial charge in [-0.15, -0.1) is 0 Å². The highest BCUT2D eigenvalue weighted by atomic mass is 14.3. The fourth-order valence-corrected chi connectivity index (χ4v) is 4.15. The SMILES string of the molecule is C=C(CCCC)C1=CCC1c1ccc(C2CC=C2C(=C)CCCC)cc1. The highest BCUT2D eigenvalue weighted by Gasteiger charge is 2.27. The standard InChI is InChI=1S/C26H34/c1-5-7-9-19(3)23-15-17-25(23)21-11-13-22(14-12-21)26-18-16-24(26)20(4)10-8-6-2/h11-16,25-26H,3-10,17-18H2,1-2H3. The van der Waals surface area contributed by atoms with Crippen molar-refractivity contribution in [3.63, 3.8) is 0 Å². The first-order valence-electron chi connectivity index (χ1n) is 10.5. The molecule has 1 aromatic rings. The van der Waals surface area contributed by atoms with Crippen LogP contribution in [0.15, 0.2) is 71.9 Å². The Hall–Kier alpha value is -1.82. The van der Waals surface area contributed by atoms with Crippen LogP contribution in [0.25, 0.3) is 0 Å². The maximum atomic E-state index is 4.33. The van der Waals surface area contributed by atoms with E-state index in [2.05, 4.69) is 63.4 Å². The van der Waals surface area contributed by atoms with Gasteiger partial charge in [-0.2, -0.15) is 0 Å². The lowest BCUT2D eigenvalue weighted by Gasteiger charge is -2.32. The summed E-state index contributed by atoms with van der Waals surface area (Å²) in [6, 6.07) is 9.41. The fraction of sp³-hybridized carbons (Fsp3) is 0.462. The minimum atomic E-state index is 0.573. The number of benzene rings is 1. The molecule has 2 unspecified atom stereocenters. The lowest BCUT2D eigenvalue weighted by molar-refractivity contribution is 0.694. The first kappa shape index (κ1) is 19.0. The van der Waals surface area contributed by atoms with Crippen LogP contribution in [-0.4, -0.2) is 0 Å². The number of allylic oxidation sites excluding steroid dienone is 6. The second kappa shape index (κ2) is 8.71. The van der Waals surface area contributed by atoms with E-state index >= 15 is 0 Å². The lowest BCUT2D eigenvalue weighted by atomic mass is 9.73. The van der Waals surface area contributed by atoms with Crippen molar-refractivity contribution in [2.45, 2.75) is 77.0 Å². The minimum absolute atomic E-state index is 0.573. The third-order valence-corrected chi connectivity index (χ3v) is 6.12. The Morgan fingerprint density at radius 1 is 0.769 bits per heavy atom. The molecule has 138 valence electrons. The molecule has 0 fully saturated rings. The molecular formula is C26H34. The Morgan fingerprint density at radius 3 is 1.42 bits per heavy atom. The molecule has 0 radical (unpaired) electrons. The highest BCUT2D eigenvalue weighted by molar-refractivity contribution is 5.50. The van der Waals surface area contributed by atoms with Gasteiger partial charge < -0.3 is 0 Å². The lowest BCUT2D eigenvalue weighted by Crippen LogP contribution is -2.14. The van der Waals surface area contributed by atoms with Crippen molar-refractivity contribution in [3.05, 3.63) is 83.0 Å². The van der Waals surface area contributed by atoms with Crippen LogP contribution in [-0.2, 0) is 0 Å². The van der Waals surface area contributed by atoms with Gasteiger partial charge in [-0.25, -0.2) is 0 Å². The smallest absolute Gasteiger partial charge is 0.0123 e. The van der Waals surface area contributed by atoms with Gasteiger partial charge in [0.2, 0.25) is 0 Å². The third kappa shape index (κ3) is 3.95. The van der Waals surface area contributed by atoms with Gasteiger partial charge in [0.15, 0.2) is 0 Å². The van der Waals surface area contributed by atoms with Gasteiger partial charge in [0, 0.05) is 11.8 Å². The molecule has 3 rings (SSSR count). The molecule has 2 atom stereocenters. The van der Waals surface area contributed by atoms with E-state index in [1.54, 1.807) is 0 Å². The average Bonchev–Trinajstić information content (AvgIpc) is 2.57. The molecule has 0 amide bonds. The zero-order valence-corrected chi connectivity index (χ0v) is 16.7. The maximum absolute atomic E-state index is 4.33. The zero-order valence-electron chi connectivity index (χ0n) is 16.7. The molecule has 0 nitrogen and oxygen atoms in total. The Kier molecular flexibility index (Phi) is 6.35. The first-order valence-corrected chi connectivity index (χ1v) is 10.5. The average molecular weight is 347 g/mol. The van der Waals surface area contributed by atoms with E-state index < -0.39 is 0 Å². The van der Waals surface area contributed by atoms with Crippen LogP contribution < -0.4 is 0 Å². The van der Waals surface area contributed by atoms with Crippen LogP contribution in [0.5, 0.6) is 0 Å². The van der Waals surface area contributed by atoms with Crippen LogP contribution in [0.2, 0.25) is 0 Å². The molecule has 0 heteroatoms. The van der Waals surface area contributed by atoms with Gasteiger partial charge in [0.25, 0.3) is 0 Å². The molecular weight excluding hydrogens is 312 g/mol. The number of rotatable bonds is 10. The summed E-state index contributed by atoms with van der Waals surface area (Å²) in [5.41, 5.74) is 8.59. The Balaban J connectivity index is 1.61. The molecule has 0 saturated heterocycles. The molecule has 0 saturated carbocycles. The molecule has 2 aliphatic rings. The van der Waals surface area contributed by atoms with Crippen LogP contribution in [0, 0.1) is 0 Å². The van der Waals surface area contributed by atoms with Crippen LogP contribution in [0.1, 0.15) is 88.2 Å².